The quantitative estimate of drug-likeness (QED) is 0.767. The zero-order valence-electron chi connectivity index (χ0n) is 8.68. The van der Waals surface area contributed by atoms with E-state index in [1.54, 1.807) is 19.6 Å². The summed E-state index contributed by atoms with van der Waals surface area (Å²) in [5.74, 6) is 1.61. The molecule has 0 amide bonds. The standard InChI is InChI=1S/C10H13N3O2/c1-13-6-5-11-10(13)9(12-14-2)8-4-3-7-15-8/h3-7,9,12H,1-2H3. The lowest BCUT2D eigenvalue weighted by Crippen LogP contribution is -2.23. The number of nitrogens with one attached hydrogen (secondary N) is 1. The summed E-state index contributed by atoms with van der Waals surface area (Å²) in [6.45, 7) is 0. The van der Waals surface area contributed by atoms with Crippen LogP contribution in [0.2, 0.25) is 0 Å². The van der Waals surface area contributed by atoms with Gasteiger partial charge in [0.1, 0.15) is 17.6 Å². The highest BCUT2D eigenvalue weighted by atomic mass is 16.6. The average Bonchev–Trinajstić information content (AvgIpc) is 2.85. The van der Waals surface area contributed by atoms with Gasteiger partial charge in [-0.25, -0.2) is 4.98 Å². The second-order valence-electron chi connectivity index (χ2n) is 3.17. The lowest BCUT2D eigenvalue weighted by molar-refractivity contribution is 0.0625. The summed E-state index contributed by atoms with van der Waals surface area (Å²) in [5, 5.41) is 0. The third-order valence-electron chi connectivity index (χ3n) is 2.18. The lowest BCUT2D eigenvalue weighted by Gasteiger charge is -2.14. The highest BCUT2D eigenvalue weighted by Crippen LogP contribution is 2.20. The van der Waals surface area contributed by atoms with Crippen LogP contribution in [-0.2, 0) is 11.9 Å². The normalized spacial score (nSPS) is 12.9. The van der Waals surface area contributed by atoms with Crippen molar-refractivity contribution >= 4 is 0 Å². The van der Waals surface area contributed by atoms with Gasteiger partial charge in [0.2, 0.25) is 0 Å². The number of rotatable bonds is 4. The van der Waals surface area contributed by atoms with E-state index in [0.717, 1.165) is 11.6 Å². The van der Waals surface area contributed by atoms with Crippen LogP contribution in [0, 0.1) is 0 Å². The van der Waals surface area contributed by atoms with Crippen LogP contribution < -0.4 is 5.48 Å². The number of aryl methyl sites for hydroxylation is 1. The predicted octanol–water partition coefficient (Wildman–Crippen LogP) is 1.25. The summed E-state index contributed by atoms with van der Waals surface area (Å²) in [7, 11) is 3.49. The van der Waals surface area contributed by atoms with E-state index in [2.05, 4.69) is 10.5 Å². The minimum Gasteiger partial charge on any atom is -0.467 e. The van der Waals surface area contributed by atoms with Crippen molar-refractivity contribution in [2.24, 2.45) is 7.05 Å². The fourth-order valence-corrected chi connectivity index (χ4v) is 1.47. The van der Waals surface area contributed by atoms with Crippen LogP contribution in [-0.4, -0.2) is 16.7 Å². The minimum atomic E-state index is -0.190. The van der Waals surface area contributed by atoms with Crippen LogP contribution in [0.15, 0.2) is 35.2 Å². The molecule has 0 aromatic carbocycles. The molecule has 0 aliphatic heterocycles. The summed E-state index contributed by atoms with van der Waals surface area (Å²) in [4.78, 5) is 9.19. The second kappa shape index (κ2) is 4.29. The minimum absolute atomic E-state index is 0.190. The zero-order valence-corrected chi connectivity index (χ0v) is 8.68. The maximum absolute atomic E-state index is 5.33. The van der Waals surface area contributed by atoms with Gasteiger partial charge in [0.25, 0.3) is 0 Å². The van der Waals surface area contributed by atoms with E-state index >= 15 is 0 Å². The first-order valence-corrected chi connectivity index (χ1v) is 4.62. The fourth-order valence-electron chi connectivity index (χ4n) is 1.47. The Bertz CT molecular complexity index is 408. The Hall–Kier alpha value is -1.59. The van der Waals surface area contributed by atoms with Gasteiger partial charge in [0.15, 0.2) is 0 Å². The topological polar surface area (TPSA) is 52.2 Å². The lowest BCUT2D eigenvalue weighted by atomic mass is 10.2. The molecular weight excluding hydrogens is 194 g/mol. The largest absolute Gasteiger partial charge is 0.467 e. The van der Waals surface area contributed by atoms with Crippen LogP contribution in [0.25, 0.3) is 0 Å². The number of hydrogen-bond acceptors (Lipinski definition) is 4. The van der Waals surface area contributed by atoms with Crippen molar-refractivity contribution in [1.29, 1.82) is 0 Å². The molecule has 0 aliphatic rings. The van der Waals surface area contributed by atoms with Crippen LogP contribution in [0.3, 0.4) is 0 Å². The number of imidazole rings is 1. The fraction of sp³-hybridized carbons (Fsp3) is 0.300. The van der Waals surface area contributed by atoms with Gasteiger partial charge >= 0.3 is 0 Å². The number of furan rings is 1. The maximum Gasteiger partial charge on any atom is 0.148 e. The molecule has 2 aromatic rings. The van der Waals surface area contributed by atoms with E-state index in [-0.39, 0.29) is 6.04 Å². The van der Waals surface area contributed by atoms with Crippen LogP contribution in [0.5, 0.6) is 0 Å². The van der Waals surface area contributed by atoms with E-state index in [9.17, 15) is 0 Å². The van der Waals surface area contributed by atoms with Gasteiger partial charge < -0.3 is 13.8 Å². The SMILES string of the molecule is CONC(c1ccco1)c1nccn1C. The van der Waals surface area contributed by atoms with E-state index in [4.69, 9.17) is 9.25 Å². The molecule has 2 rings (SSSR count). The Morgan fingerprint density at radius 1 is 1.60 bits per heavy atom. The summed E-state index contributed by atoms with van der Waals surface area (Å²) >= 11 is 0. The van der Waals surface area contributed by atoms with E-state index in [1.807, 2.05) is 29.9 Å². The number of hydrogen-bond donors (Lipinski definition) is 1. The third-order valence-corrected chi connectivity index (χ3v) is 2.18. The molecule has 2 heterocycles. The third kappa shape index (κ3) is 1.93. The molecule has 2 aromatic heterocycles. The molecule has 5 heteroatoms. The van der Waals surface area contributed by atoms with E-state index in [1.165, 1.54) is 0 Å². The molecule has 0 spiro atoms. The molecule has 0 fully saturated rings. The van der Waals surface area contributed by atoms with Gasteiger partial charge in [-0.05, 0) is 12.1 Å². The van der Waals surface area contributed by atoms with Crippen LogP contribution >= 0.6 is 0 Å². The van der Waals surface area contributed by atoms with Gasteiger partial charge in [-0.15, -0.1) is 0 Å². The van der Waals surface area contributed by atoms with Gasteiger partial charge in [0.05, 0.1) is 13.4 Å². The zero-order chi connectivity index (χ0) is 10.7. The predicted molar refractivity (Wildman–Crippen MR) is 53.9 cm³/mol. The molecule has 0 aliphatic carbocycles. The highest BCUT2D eigenvalue weighted by molar-refractivity contribution is 5.14. The Labute approximate surface area is 87.6 Å². The molecule has 80 valence electrons. The summed E-state index contributed by atoms with van der Waals surface area (Å²) < 4.78 is 7.25. The molecule has 1 N–H and O–H groups in total. The van der Waals surface area contributed by atoms with Crippen LogP contribution in [0.1, 0.15) is 17.6 Å². The molecule has 0 bridgehead atoms. The molecule has 0 radical (unpaired) electrons. The van der Waals surface area contributed by atoms with Crippen molar-refractivity contribution in [3.05, 3.63) is 42.4 Å². The van der Waals surface area contributed by atoms with Crippen molar-refractivity contribution in [3.8, 4) is 0 Å². The number of aromatic nitrogens is 2. The van der Waals surface area contributed by atoms with Crippen molar-refractivity contribution in [3.63, 3.8) is 0 Å². The van der Waals surface area contributed by atoms with Crippen LogP contribution in [0.4, 0.5) is 0 Å². The van der Waals surface area contributed by atoms with Crippen molar-refractivity contribution in [1.82, 2.24) is 15.0 Å². The first-order chi connectivity index (χ1) is 7.33. The molecule has 5 nitrogen and oxygen atoms in total. The molecule has 1 unspecified atom stereocenters. The maximum atomic E-state index is 5.33. The molecule has 1 atom stereocenters. The monoisotopic (exact) mass is 207 g/mol. The first kappa shape index (κ1) is 9.95. The van der Waals surface area contributed by atoms with Gasteiger partial charge in [-0.1, -0.05) is 0 Å². The smallest absolute Gasteiger partial charge is 0.148 e. The summed E-state index contributed by atoms with van der Waals surface area (Å²) in [6.07, 6.45) is 5.24. The molecule has 15 heavy (non-hydrogen) atoms. The van der Waals surface area contributed by atoms with Crippen molar-refractivity contribution in [2.75, 3.05) is 7.11 Å². The first-order valence-electron chi connectivity index (χ1n) is 4.62. The summed E-state index contributed by atoms with van der Waals surface area (Å²) in [6, 6.07) is 3.53. The van der Waals surface area contributed by atoms with Crippen molar-refractivity contribution < 1.29 is 9.25 Å². The average molecular weight is 207 g/mol. The Kier molecular flexibility index (Phi) is 2.84. The number of nitrogens with zero attached hydrogens (tertiary/aromatic N) is 2. The molecule has 0 saturated heterocycles. The van der Waals surface area contributed by atoms with Gasteiger partial charge in [-0.3, -0.25) is 0 Å². The van der Waals surface area contributed by atoms with E-state index < -0.39 is 0 Å². The van der Waals surface area contributed by atoms with Gasteiger partial charge in [-0.2, -0.15) is 5.48 Å². The Morgan fingerprint density at radius 2 is 2.47 bits per heavy atom. The van der Waals surface area contributed by atoms with E-state index in [0.29, 0.717) is 0 Å². The second-order valence-corrected chi connectivity index (χ2v) is 3.17. The molecule has 0 saturated carbocycles. The Balaban J connectivity index is 2.32. The molecular formula is C10H13N3O2. The Morgan fingerprint density at radius 3 is 3.00 bits per heavy atom. The number of hydroxylamine groups is 1. The summed E-state index contributed by atoms with van der Waals surface area (Å²) in [5.41, 5.74) is 2.85. The van der Waals surface area contributed by atoms with Crippen molar-refractivity contribution in [2.45, 2.75) is 6.04 Å². The highest BCUT2D eigenvalue weighted by Gasteiger charge is 2.20. The van der Waals surface area contributed by atoms with Gasteiger partial charge in [0, 0.05) is 19.4 Å².